The molecule has 0 heterocycles. The van der Waals surface area contributed by atoms with Gasteiger partial charge in [-0.25, -0.2) is 0 Å². The number of hydrogen-bond donors (Lipinski definition) is 1. The lowest BCUT2D eigenvalue weighted by Crippen LogP contribution is -2.55. The second-order valence-corrected chi connectivity index (χ2v) is 10.6. The zero-order chi connectivity index (χ0) is 20.7. The summed E-state index contributed by atoms with van der Waals surface area (Å²) >= 11 is 0. The van der Waals surface area contributed by atoms with Gasteiger partial charge in [-0.05, 0) is 66.8 Å². The predicted molar refractivity (Wildman–Crippen MR) is 120 cm³/mol. The molecule has 2 unspecified atom stereocenters. The van der Waals surface area contributed by atoms with Gasteiger partial charge in [0.2, 0.25) is 5.91 Å². The maximum absolute atomic E-state index is 13.5. The quantitative estimate of drug-likeness (QED) is 0.588. The molecule has 1 aromatic carbocycles. The summed E-state index contributed by atoms with van der Waals surface area (Å²) in [6.07, 6.45) is 12.8. The predicted octanol–water partition coefficient (Wildman–Crippen LogP) is 6.44. The summed E-state index contributed by atoms with van der Waals surface area (Å²) < 4.78 is 0. The van der Waals surface area contributed by atoms with Crippen LogP contribution in [0.1, 0.15) is 71.3 Å². The highest BCUT2D eigenvalue weighted by molar-refractivity contribution is 5.83. The van der Waals surface area contributed by atoms with Gasteiger partial charge in [-0.15, -0.1) is 6.58 Å². The molecule has 2 saturated carbocycles. The highest BCUT2D eigenvalue weighted by atomic mass is 16.2. The minimum Gasteiger partial charge on any atom is -0.352 e. The Kier molecular flexibility index (Phi) is 5.25. The van der Waals surface area contributed by atoms with Crippen molar-refractivity contribution in [3.8, 4) is 0 Å². The number of rotatable bonds is 4. The van der Waals surface area contributed by atoms with Gasteiger partial charge in [0.1, 0.15) is 0 Å². The van der Waals surface area contributed by atoms with E-state index in [9.17, 15) is 4.79 Å². The molecule has 156 valence electrons. The maximum atomic E-state index is 13.5. The highest BCUT2D eigenvalue weighted by Crippen LogP contribution is 2.63. The molecule has 1 amide bonds. The molecule has 1 N–H and O–H groups in total. The van der Waals surface area contributed by atoms with Gasteiger partial charge >= 0.3 is 0 Å². The van der Waals surface area contributed by atoms with Gasteiger partial charge < -0.3 is 5.32 Å². The van der Waals surface area contributed by atoms with E-state index < -0.39 is 0 Å². The lowest BCUT2D eigenvalue weighted by atomic mass is 9.46. The molecule has 0 bridgehead atoms. The molecule has 5 atom stereocenters. The Morgan fingerprint density at radius 2 is 1.93 bits per heavy atom. The second kappa shape index (κ2) is 7.45. The van der Waals surface area contributed by atoms with E-state index in [1.807, 2.05) is 18.2 Å². The van der Waals surface area contributed by atoms with Crippen LogP contribution in [0.2, 0.25) is 0 Å². The molecule has 4 rings (SSSR count). The fourth-order valence-corrected chi connectivity index (χ4v) is 6.87. The average Bonchev–Trinajstić information content (AvgIpc) is 2.72. The van der Waals surface area contributed by atoms with Crippen molar-refractivity contribution in [1.29, 1.82) is 0 Å². The number of nitrogens with one attached hydrogen (secondary N) is 1. The Balaban J connectivity index is 1.56. The van der Waals surface area contributed by atoms with E-state index in [0.717, 1.165) is 19.3 Å². The van der Waals surface area contributed by atoms with Crippen LogP contribution in [-0.2, 0) is 11.3 Å². The molecule has 0 aromatic heterocycles. The molecule has 1 aromatic rings. The number of allylic oxidation sites excluding steroid dienone is 3. The first-order valence-electron chi connectivity index (χ1n) is 11.5. The molecule has 0 aliphatic heterocycles. The zero-order valence-electron chi connectivity index (χ0n) is 18.5. The molecule has 3 aliphatic carbocycles. The van der Waals surface area contributed by atoms with E-state index in [4.69, 9.17) is 0 Å². The smallest absolute Gasteiger partial charge is 0.226 e. The third-order valence-electron chi connectivity index (χ3n) is 8.64. The summed E-state index contributed by atoms with van der Waals surface area (Å²) in [7, 11) is 0. The monoisotopic (exact) mass is 391 g/mol. The van der Waals surface area contributed by atoms with Crippen LogP contribution in [0.15, 0.2) is 54.6 Å². The van der Waals surface area contributed by atoms with Crippen LogP contribution >= 0.6 is 0 Å². The van der Waals surface area contributed by atoms with Crippen LogP contribution in [0.5, 0.6) is 0 Å². The van der Waals surface area contributed by atoms with Gasteiger partial charge in [0.15, 0.2) is 0 Å². The van der Waals surface area contributed by atoms with Crippen molar-refractivity contribution < 1.29 is 4.79 Å². The standard InChI is InChI=1S/C27H37NO/c1-5-25(2)17-14-22-21(18-25)12-13-23-26(22,3)15-9-16-27(23,4)24(29)28-19-20-10-7-6-8-11-20/h5-8,10-11,14,21,23H,1,9,12-13,15-19H2,2-4H3,(H,28,29)/t21?,23?,25-,26-,27+/m1/s1. The first-order valence-corrected chi connectivity index (χ1v) is 11.5. The van der Waals surface area contributed by atoms with Crippen molar-refractivity contribution in [2.45, 2.75) is 72.3 Å². The fraction of sp³-hybridized carbons (Fsp3) is 0.593. The first kappa shape index (κ1) is 20.4. The Bertz CT molecular complexity index is 811. The van der Waals surface area contributed by atoms with Crippen LogP contribution in [0.4, 0.5) is 0 Å². The van der Waals surface area contributed by atoms with Crippen molar-refractivity contribution in [1.82, 2.24) is 5.32 Å². The number of amides is 1. The average molecular weight is 392 g/mol. The number of carbonyl (C=O) groups excluding carboxylic acids is 1. The molecule has 2 nitrogen and oxygen atoms in total. The Labute approximate surface area is 176 Å². The number of fused-ring (bicyclic) bond motifs is 3. The summed E-state index contributed by atoms with van der Waals surface area (Å²) in [6.45, 7) is 11.8. The maximum Gasteiger partial charge on any atom is 0.226 e. The van der Waals surface area contributed by atoms with Crippen molar-refractivity contribution in [2.24, 2.45) is 28.1 Å². The van der Waals surface area contributed by atoms with E-state index in [1.54, 1.807) is 5.57 Å². The molecule has 29 heavy (non-hydrogen) atoms. The molecule has 3 aliphatic rings. The minimum absolute atomic E-state index is 0.169. The highest BCUT2D eigenvalue weighted by Gasteiger charge is 2.57. The number of carbonyl (C=O) groups is 1. The van der Waals surface area contributed by atoms with E-state index in [2.05, 4.69) is 57.0 Å². The molecule has 0 spiro atoms. The van der Waals surface area contributed by atoms with Crippen molar-refractivity contribution >= 4 is 5.91 Å². The molecule has 2 fully saturated rings. The van der Waals surface area contributed by atoms with Crippen LogP contribution in [-0.4, -0.2) is 5.91 Å². The largest absolute Gasteiger partial charge is 0.352 e. The van der Waals surface area contributed by atoms with Gasteiger partial charge in [-0.2, -0.15) is 0 Å². The van der Waals surface area contributed by atoms with Gasteiger partial charge in [-0.1, -0.05) is 75.2 Å². The Morgan fingerprint density at radius 1 is 1.17 bits per heavy atom. The third-order valence-corrected chi connectivity index (χ3v) is 8.64. The van der Waals surface area contributed by atoms with Gasteiger partial charge in [0.05, 0.1) is 5.41 Å². The van der Waals surface area contributed by atoms with E-state index in [1.165, 1.54) is 31.2 Å². The molecule has 0 saturated heterocycles. The molecule has 0 radical (unpaired) electrons. The third kappa shape index (κ3) is 3.49. The number of hydrogen-bond acceptors (Lipinski definition) is 1. The summed E-state index contributed by atoms with van der Waals surface area (Å²) in [6, 6.07) is 10.3. The Morgan fingerprint density at radius 3 is 2.66 bits per heavy atom. The summed E-state index contributed by atoms with van der Waals surface area (Å²) in [4.78, 5) is 13.5. The van der Waals surface area contributed by atoms with Crippen LogP contribution in [0, 0.1) is 28.1 Å². The van der Waals surface area contributed by atoms with Gasteiger partial charge in [0.25, 0.3) is 0 Å². The molecular weight excluding hydrogens is 354 g/mol. The van der Waals surface area contributed by atoms with Crippen LogP contribution in [0.25, 0.3) is 0 Å². The summed E-state index contributed by atoms with van der Waals surface area (Å²) in [5.41, 5.74) is 2.97. The van der Waals surface area contributed by atoms with Gasteiger partial charge in [0, 0.05) is 6.54 Å². The topological polar surface area (TPSA) is 29.1 Å². The van der Waals surface area contributed by atoms with Crippen LogP contribution in [0.3, 0.4) is 0 Å². The fourth-order valence-electron chi connectivity index (χ4n) is 6.87. The van der Waals surface area contributed by atoms with Crippen molar-refractivity contribution in [2.75, 3.05) is 0 Å². The van der Waals surface area contributed by atoms with Crippen molar-refractivity contribution in [3.05, 3.63) is 60.2 Å². The summed E-state index contributed by atoms with van der Waals surface area (Å²) in [5, 5.41) is 3.28. The normalized spacial score (nSPS) is 38.9. The summed E-state index contributed by atoms with van der Waals surface area (Å²) in [5.74, 6) is 1.36. The van der Waals surface area contributed by atoms with Crippen molar-refractivity contribution in [3.63, 3.8) is 0 Å². The first-order chi connectivity index (χ1) is 13.8. The minimum atomic E-state index is -0.271. The lowest BCUT2D eigenvalue weighted by Gasteiger charge is -2.58. The van der Waals surface area contributed by atoms with Crippen LogP contribution < -0.4 is 5.32 Å². The van der Waals surface area contributed by atoms with E-state index in [0.29, 0.717) is 18.4 Å². The lowest BCUT2D eigenvalue weighted by molar-refractivity contribution is -0.142. The number of benzene rings is 1. The van der Waals surface area contributed by atoms with E-state index >= 15 is 0 Å². The van der Waals surface area contributed by atoms with Gasteiger partial charge in [-0.3, -0.25) is 4.79 Å². The molecule has 2 heteroatoms. The molecular formula is C27H37NO. The second-order valence-electron chi connectivity index (χ2n) is 10.6. The van der Waals surface area contributed by atoms with E-state index in [-0.39, 0.29) is 22.2 Å². The Hall–Kier alpha value is -1.83. The zero-order valence-corrected chi connectivity index (χ0v) is 18.5. The SMILES string of the molecule is C=C[C@]1(C)CC=C2C(CCC3[C@@](C)(C(=O)NCc4ccccc4)CCC[C@]23C)C1.